The van der Waals surface area contributed by atoms with Crippen LogP contribution in [0.5, 0.6) is 0 Å². The quantitative estimate of drug-likeness (QED) is 0.592. The molecule has 3 rings (SSSR count). The maximum atomic E-state index is 13.3. The summed E-state index contributed by atoms with van der Waals surface area (Å²) in [7, 11) is -3.77. The van der Waals surface area contributed by atoms with Crippen molar-refractivity contribution in [2.75, 3.05) is 5.88 Å². The smallest absolute Gasteiger partial charge is 0.246 e. The summed E-state index contributed by atoms with van der Waals surface area (Å²) < 4.78 is 25.5. The molecular formula is C25H31N3O5S. The number of hydrogen-bond acceptors (Lipinski definition) is 5. The summed E-state index contributed by atoms with van der Waals surface area (Å²) >= 11 is 0. The molecular weight excluding hydrogens is 454 g/mol. The molecule has 1 saturated heterocycles. The highest BCUT2D eigenvalue weighted by Crippen LogP contribution is 2.23. The average Bonchev–Trinajstić information content (AvgIpc) is 2.79. The Labute approximate surface area is 200 Å². The molecule has 0 saturated carbocycles. The highest BCUT2D eigenvalue weighted by molar-refractivity contribution is 7.91. The van der Waals surface area contributed by atoms with E-state index in [-0.39, 0.29) is 29.0 Å². The maximum Gasteiger partial charge on any atom is 0.246 e. The van der Waals surface area contributed by atoms with E-state index >= 15 is 0 Å². The Morgan fingerprint density at radius 1 is 1.06 bits per heavy atom. The molecule has 2 N–H and O–H groups in total. The van der Waals surface area contributed by atoms with E-state index < -0.39 is 39.7 Å². The largest absolute Gasteiger partial charge is 0.343 e. The van der Waals surface area contributed by atoms with E-state index in [2.05, 4.69) is 10.6 Å². The van der Waals surface area contributed by atoms with Gasteiger partial charge in [0, 0.05) is 6.42 Å². The molecule has 0 bridgehead atoms. The standard InChI is InChI=1S/C25H31N3O5S/c1-16(2)22(24(30)26-15-34(32,33)20-12-10-17(3)11-13-20)28-21(14-19-8-6-5-7-9-19)23(29)27-18(4)25(28)31/h5-13,16,18,21-22H,14-15H2,1-4H3,(H,26,30)(H,27,29)/t18-,21-,22?/m0/s1. The zero-order valence-electron chi connectivity index (χ0n) is 19.8. The monoisotopic (exact) mass is 485 g/mol. The van der Waals surface area contributed by atoms with Crippen molar-refractivity contribution < 1.29 is 22.8 Å². The number of hydrogen-bond donors (Lipinski definition) is 2. The molecule has 0 aromatic heterocycles. The summed E-state index contributed by atoms with van der Waals surface area (Å²) in [4.78, 5) is 40.8. The molecule has 34 heavy (non-hydrogen) atoms. The van der Waals surface area contributed by atoms with Gasteiger partial charge in [-0.1, -0.05) is 61.9 Å². The number of aryl methyl sites for hydroxylation is 1. The Balaban J connectivity index is 1.86. The van der Waals surface area contributed by atoms with Crippen LogP contribution in [-0.2, 0) is 30.6 Å². The van der Waals surface area contributed by atoms with E-state index in [1.165, 1.54) is 17.0 Å². The van der Waals surface area contributed by atoms with Crippen molar-refractivity contribution in [1.82, 2.24) is 15.5 Å². The van der Waals surface area contributed by atoms with Crippen LogP contribution in [0.3, 0.4) is 0 Å². The van der Waals surface area contributed by atoms with Gasteiger partial charge in [-0.25, -0.2) is 8.42 Å². The third-order valence-corrected chi connectivity index (χ3v) is 7.43. The second-order valence-corrected chi connectivity index (χ2v) is 11.0. The number of carbonyl (C=O) groups excluding carboxylic acids is 3. The predicted molar refractivity (Wildman–Crippen MR) is 128 cm³/mol. The van der Waals surface area contributed by atoms with Gasteiger partial charge in [0.15, 0.2) is 9.84 Å². The number of rotatable bonds is 8. The Morgan fingerprint density at radius 3 is 2.26 bits per heavy atom. The van der Waals surface area contributed by atoms with Crippen LogP contribution in [0.1, 0.15) is 31.9 Å². The number of benzene rings is 2. The fourth-order valence-electron chi connectivity index (χ4n) is 4.08. The number of nitrogens with one attached hydrogen (secondary N) is 2. The van der Waals surface area contributed by atoms with Crippen LogP contribution in [0.15, 0.2) is 59.5 Å². The Kier molecular flexibility index (Phi) is 7.76. The maximum absolute atomic E-state index is 13.3. The second-order valence-electron chi connectivity index (χ2n) is 8.98. The molecule has 0 aliphatic carbocycles. The summed E-state index contributed by atoms with van der Waals surface area (Å²) in [5.41, 5.74) is 1.77. The molecule has 2 aromatic rings. The topological polar surface area (TPSA) is 113 Å². The van der Waals surface area contributed by atoms with Crippen molar-refractivity contribution in [3.05, 3.63) is 65.7 Å². The molecule has 2 aromatic carbocycles. The molecule has 182 valence electrons. The van der Waals surface area contributed by atoms with Gasteiger partial charge < -0.3 is 15.5 Å². The third kappa shape index (κ3) is 5.64. The summed E-state index contributed by atoms with van der Waals surface area (Å²) in [6, 6.07) is 12.9. The minimum absolute atomic E-state index is 0.100. The van der Waals surface area contributed by atoms with Gasteiger partial charge in [-0.15, -0.1) is 0 Å². The number of piperazine rings is 1. The summed E-state index contributed by atoms with van der Waals surface area (Å²) in [6.45, 7) is 6.96. The molecule has 0 spiro atoms. The molecule has 1 unspecified atom stereocenters. The zero-order valence-corrected chi connectivity index (χ0v) is 20.6. The molecule has 1 fully saturated rings. The van der Waals surface area contributed by atoms with Gasteiger partial charge in [0.1, 0.15) is 24.0 Å². The van der Waals surface area contributed by atoms with Crippen LogP contribution in [0, 0.1) is 12.8 Å². The van der Waals surface area contributed by atoms with Crippen LogP contribution >= 0.6 is 0 Å². The average molecular weight is 486 g/mol. The molecule has 0 radical (unpaired) electrons. The number of amides is 3. The van der Waals surface area contributed by atoms with Crippen molar-refractivity contribution in [2.45, 2.75) is 57.1 Å². The molecule has 3 amide bonds. The molecule has 9 heteroatoms. The molecule has 1 aliphatic rings. The van der Waals surface area contributed by atoms with E-state index in [0.717, 1.165) is 11.1 Å². The minimum Gasteiger partial charge on any atom is -0.343 e. The molecule has 1 aliphatic heterocycles. The summed E-state index contributed by atoms with van der Waals surface area (Å²) in [6.07, 6.45) is 0.239. The third-order valence-electron chi connectivity index (χ3n) is 5.91. The van der Waals surface area contributed by atoms with Crippen LogP contribution in [0.4, 0.5) is 0 Å². The van der Waals surface area contributed by atoms with E-state index in [1.807, 2.05) is 37.3 Å². The first kappa shape index (κ1) is 25.4. The van der Waals surface area contributed by atoms with Gasteiger partial charge in [0.2, 0.25) is 17.7 Å². The highest BCUT2D eigenvalue weighted by Gasteiger charge is 2.45. The van der Waals surface area contributed by atoms with E-state index in [0.29, 0.717) is 0 Å². The van der Waals surface area contributed by atoms with Crippen molar-refractivity contribution in [2.24, 2.45) is 5.92 Å². The SMILES string of the molecule is Cc1ccc(S(=O)(=O)CNC(=O)C(C(C)C)N2C(=O)[C@H](C)NC(=O)[C@@H]2Cc2ccccc2)cc1. The highest BCUT2D eigenvalue weighted by atomic mass is 32.2. The normalized spacial score (nSPS) is 19.6. The Hall–Kier alpha value is -3.20. The van der Waals surface area contributed by atoms with E-state index in [4.69, 9.17) is 0 Å². The fourth-order valence-corrected chi connectivity index (χ4v) is 5.13. The van der Waals surface area contributed by atoms with Gasteiger partial charge in [0.05, 0.1) is 4.90 Å². The summed E-state index contributed by atoms with van der Waals surface area (Å²) in [5, 5.41) is 5.18. The first-order valence-corrected chi connectivity index (χ1v) is 12.9. The van der Waals surface area contributed by atoms with Crippen molar-refractivity contribution in [3.8, 4) is 0 Å². The first-order valence-electron chi connectivity index (χ1n) is 11.2. The van der Waals surface area contributed by atoms with Gasteiger partial charge in [-0.3, -0.25) is 14.4 Å². The van der Waals surface area contributed by atoms with Crippen molar-refractivity contribution in [3.63, 3.8) is 0 Å². The molecule has 1 heterocycles. The van der Waals surface area contributed by atoms with Crippen LogP contribution in [-0.4, -0.2) is 55.0 Å². The lowest BCUT2D eigenvalue weighted by molar-refractivity contribution is -0.156. The number of sulfone groups is 1. The van der Waals surface area contributed by atoms with Crippen molar-refractivity contribution in [1.29, 1.82) is 0 Å². The lowest BCUT2D eigenvalue weighted by Gasteiger charge is -2.43. The van der Waals surface area contributed by atoms with Gasteiger partial charge >= 0.3 is 0 Å². The van der Waals surface area contributed by atoms with Crippen LogP contribution in [0.2, 0.25) is 0 Å². The first-order chi connectivity index (χ1) is 16.0. The second kappa shape index (κ2) is 10.4. The molecule has 3 atom stereocenters. The predicted octanol–water partition coefficient (Wildman–Crippen LogP) is 1.83. The Morgan fingerprint density at radius 2 is 1.68 bits per heavy atom. The van der Waals surface area contributed by atoms with Gasteiger partial charge in [0.25, 0.3) is 0 Å². The number of carbonyl (C=O) groups is 3. The van der Waals surface area contributed by atoms with E-state index in [1.54, 1.807) is 32.9 Å². The van der Waals surface area contributed by atoms with E-state index in [9.17, 15) is 22.8 Å². The van der Waals surface area contributed by atoms with Gasteiger partial charge in [-0.05, 0) is 37.5 Å². The minimum atomic E-state index is -3.77. The van der Waals surface area contributed by atoms with Crippen molar-refractivity contribution >= 4 is 27.6 Å². The molecule has 8 nitrogen and oxygen atoms in total. The van der Waals surface area contributed by atoms with Gasteiger partial charge in [-0.2, -0.15) is 0 Å². The lowest BCUT2D eigenvalue weighted by Crippen LogP contribution is -2.68. The van der Waals surface area contributed by atoms with Crippen LogP contribution < -0.4 is 10.6 Å². The number of nitrogens with zero attached hydrogens (tertiary/aromatic N) is 1. The summed E-state index contributed by atoms with van der Waals surface area (Å²) in [5.74, 6) is -2.30. The zero-order chi connectivity index (χ0) is 25.0. The Bertz CT molecular complexity index is 1150. The van der Waals surface area contributed by atoms with Crippen LogP contribution in [0.25, 0.3) is 0 Å². The fraction of sp³-hybridized carbons (Fsp3) is 0.400. The lowest BCUT2D eigenvalue weighted by atomic mass is 9.93.